The van der Waals surface area contributed by atoms with Gasteiger partial charge < -0.3 is 9.47 Å². The van der Waals surface area contributed by atoms with Gasteiger partial charge in [0.15, 0.2) is 0 Å². The summed E-state index contributed by atoms with van der Waals surface area (Å²) in [6.07, 6.45) is 2.14. The highest BCUT2D eigenvalue weighted by molar-refractivity contribution is 14.1. The zero-order chi connectivity index (χ0) is 13.4. The van der Waals surface area contributed by atoms with E-state index < -0.39 is 0 Å². The number of hydrogen-bond acceptors (Lipinski definition) is 1. The molecule has 1 aromatic carbocycles. The van der Waals surface area contributed by atoms with Crippen LogP contribution in [0.15, 0.2) is 48.7 Å². The summed E-state index contributed by atoms with van der Waals surface area (Å²) in [4.78, 5) is 4.16. The van der Waals surface area contributed by atoms with Crippen LogP contribution in [0.25, 0.3) is 0 Å². The number of alkyl halides is 1. The monoisotopic (exact) mass is 356 g/mol. The van der Waals surface area contributed by atoms with Crippen molar-refractivity contribution < 1.29 is 0 Å². The van der Waals surface area contributed by atoms with Gasteiger partial charge in [0.25, 0.3) is 0 Å². The van der Waals surface area contributed by atoms with Crippen molar-refractivity contribution in [3.05, 3.63) is 59.9 Å². The van der Waals surface area contributed by atoms with E-state index >= 15 is 0 Å². The molecule has 98 valence electrons. The third-order valence-corrected chi connectivity index (χ3v) is 2.60. The first kappa shape index (κ1) is 15.2. The van der Waals surface area contributed by atoms with E-state index in [1.165, 1.54) is 11.3 Å². The van der Waals surface area contributed by atoms with Crippen LogP contribution in [0.3, 0.4) is 0 Å². The van der Waals surface area contributed by atoms with Crippen molar-refractivity contribution in [2.45, 2.75) is 13.1 Å². The number of aromatic nitrogens is 1. The number of rotatable bonds is 4. The highest BCUT2D eigenvalue weighted by atomic mass is 127. The molecule has 3 heteroatoms. The van der Waals surface area contributed by atoms with E-state index in [1.807, 2.05) is 4.93 Å². The van der Waals surface area contributed by atoms with Crippen LogP contribution in [-0.2, 0) is 13.1 Å². The Morgan fingerprint density at radius 1 is 1.00 bits per heavy atom. The highest BCUT2D eigenvalue weighted by Gasteiger charge is 2.02. The molecule has 1 heterocycles. The Morgan fingerprint density at radius 3 is 2.28 bits per heavy atom. The van der Waals surface area contributed by atoms with Gasteiger partial charge in [-0.2, -0.15) is 0 Å². The van der Waals surface area contributed by atoms with Crippen LogP contribution in [0.5, 0.6) is 0 Å². The maximum Gasteiger partial charge on any atom is 0.0473 e. The fraction of sp³-hybridized carbons (Fsp3) is 0.333. The number of benzene rings is 1. The Bertz CT molecular complexity index is 435. The minimum absolute atomic E-state index is 0.955. The molecule has 2 nitrogen and oxygen atoms in total. The van der Waals surface area contributed by atoms with Crippen molar-refractivity contribution in [3.63, 3.8) is 0 Å². The topological polar surface area (TPSA) is 8.17 Å². The minimum Gasteiger partial charge on any atom is -0.346 e. The van der Waals surface area contributed by atoms with E-state index in [9.17, 15) is 0 Å². The summed E-state index contributed by atoms with van der Waals surface area (Å²) in [5, 5.41) is 0. The van der Waals surface area contributed by atoms with E-state index in [-0.39, 0.29) is 0 Å². The van der Waals surface area contributed by atoms with Crippen LogP contribution in [0.1, 0.15) is 11.3 Å². The van der Waals surface area contributed by atoms with Gasteiger partial charge in [-0.25, -0.2) is 0 Å². The first-order valence-electron chi connectivity index (χ1n) is 5.96. The molecule has 1 aromatic heterocycles. The maximum atomic E-state index is 2.30. The molecule has 2 rings (SSSR count). The number of hydrogen-bond donors (Lipinski definition) is 0. The van der Waals surface area contributed by atoms with Crippen LogP contribution < -0.4 is 0 Å². The molecule has 0 fully saturated rings. The Morgan fingerprint density at radius 2 is 1.67 bits per heavy atom. The molecule has 0 atom stereocenters. The second-order valence-corrected chi connectivity index (χ2v) is 4.35. The van der Waals surface area contributed by atoms with Crippen molar-refractivity contribution in [2.75, 3.05) is 19.0 Å². The Kier molecular flexibility index (Phi) is 7.05. The van der Waals surface area contributed by atoms with Crippen molar-refractivity contribution in [1.82, 2.24) is 9.47 Å². The molecular formula is C15H21IN2. The normalized spacial score (nSPS) is 10.1. The molecule has 0 saturated heterocycles. The molecular weight excluding hydrogens is 335 g/mol. The largest absolute Gasteiger partial charge is 0.346 e. The summed E-state index contributed by atoms with van der Waals surface area (Å²) in [5.74, 6) is 0. The highest BCUT2D eigenvalue weighted by Crippen LogP contribution is 2.08. The summed E-state index contributed by atoms with van der Waals surface area (Å²) >= 11 is 2.15. The average molecular weight is 356 g/mol. The van der Waals surface area contributed by atoms with E-state index in [0.29, 0.717) is 0 Å². The van der Waals surface area contributed by atoms with Gasteiger partial charge in [-0.1, -0.05) is 52.9 Å². The maximum absolute atomic E-state index is 2.30. The van der Waals surface area contributed by atoms with E-state index in [1.54, 1.807) is 0 Å². The zero-order valence-corrected chi connectivity index (χ0v) is 13.5. The predicted octanol–water partition coefficient (Wildman–Crippen LogP) is 3.65. The first-order valence-corrected chi connectivity index (χ1v) is 8.12. The summed E-state index contributed by atoms with van der Waals surface area (Å²) in [5.41, 5.74) is 2.70. The predicted molar refractivity (Wildman–Crippen MR) is 87.3 cm³/mol. The minimum atomic E-state index is 0.955. The van der Waals surface area contributed by atoms with Crippen molar-refractivity contribution in [1.29, 1.82) is 0 Å². The summed E-state index contributed by atoms with van der Waals surface area (Å²) in [6.45, 7) is 1.94. The van der Waals surface area contributed by atoms with E-state index in [4.69, 9.17) is 0 Å². The third kappa shape index (κ3) is 4.82. The van der Waals surface area contributed by atoms with E-state index in [0.717, 1.165) is 13.1 Å². The average Bonchev–Trinajstić information content (AvgIpc) is 2.80. The first-order chi connectivity index (χ1) is 8.75. The fourth-order valence-electron chi connectivity index (χ4n) is 1.85. The standard InChI is InChI=1S/C14H18N2.CH3I/c1-15(2)12-14-9-6-10-16(14)11-13-7-4-3-5-8-13;1-2/h3-10H,11-12H2,1-2H3;1H3. The molecule has 2 aromatic rings. The van der Waals surface area contributed by atoms with Crippen LogP contribution in [0, 0.1) is 0 Å². The van der Waals surface area contributed by atoms with Gasteiger partial charge in [0, 0.05) is 25.0 Å². The van der Waals surface area contributed by atoms with Crippen LogP contribution in [0.4, 0.5) is 0 Å². The Hall–Kier alpha value is -0.810. The molecule has 0 bridgehead atoms. The summed E-state index contributed by atoms with van der Waals surface area (Å²) in [7, 11) is 4.19. The molecule has 0 aliphatic carbocycles. The van der Waals surface area contributed by atoms with Gasteiger partial charge in [-0.15, -0.1) is 0 Å². The molecule has 0 spiro atoms. The van der Waals surface area contributed by atoms with Gasteiger partial charge >= 0.3 is 0 Å². The third-order valence-electron chi connectivity index (χ3n) is 2.60. The lowest BCUT2D eigenvalue weighted by Gasteiger charge is -2.13. The Labute approximate surface area is 124 Å². The quantitative estimate of drug-likeness (QED) is 0.600. The summed E-state index contributed by atoms with van der Waals surface area (Å²) in [6, 6.07) is 14.9. The van der Waals surface area contributed by atoms with Crippen LogP contribution in [-0.4, -0.2) is 28.5 Å². The molecule has 0 aliphatic heterocycles. The van der Waals surface area contributed by atoms with Gasteiger partial charge in [0.2, 0.25) is 0 Å². The lowest BCUT2D eigenvalue weighted by Crippen LogP contribution is -2.14. The second kappa shape index (κ2) is 8.32. The fourth-order valence-corrected chi connectivity index (χ4v) is 1.85. The number of halogens is 1. The molecule has 0 N–H and O–H groups in total. The zero-order valence-electron chi connectivity index (χ0n) is 11.3. The Balaban J connectivity index is 0.000000771. The van der Waals surface area contributed by atoms with Crippen LogP contribution in [0.2, 0.25) is 0 Å². The van der Waals surface area contributed by atoms with Gasteiger partial charge in [-0.05, 0) is 36.7 Å². The van der Waals surface area contributed by atoms with Gasteiger partial charge in [0.05, 0.1) is 0 Å². The SMILES string of the molecule is CI.CN(C)Cc1cccn1Cc1ccccc1. The lowest BCUT2D eigenvalue weighted by molar-refractivity contribution is 0.389. The molecule has 0 amide bonds. The molecule has 18 heavy (non-hydrogen) atoms. The molecule has 0 unspecified atom stereocenters. The number of nitrogens with zero attached hydrogens (tertiary/aromatic N) is 2. The molecule has 0 aliphatic rings. The van der Waals surface area contributed by atoms with E-state index in [2.05, 4.69) is 94.8 Å². The van der Waals surface area contributed by atoms with Crippen molar-refractivity contribution in [3.8, 4) is 0 Å². The second-order valence-electron chi connectivity index (χ2n) is 4.35. The lowest BCUT2D eigenvalue weighted by atomic mass is 10.2. The van der Waals surface area contributed by atoms with Gasteiger partial charge in [0.1, 0.15) is 0 Å². The smallest absolute Gasteiger partial charge is 0.0473 e. The van der Waals surface area contributed by atoms with Crippen molar-refractivity contribution >= 4 is 22.6 Å². The van der Waals surface area contributed by atoms with Gasteiger partial charge in [-0.3, -0.25) is 0 Å². The molecule has 0 saturated carbocycles. The van der Waals surface area contributed by atoms with Crippen molar-refractivity contribution in [2.24, 2.45) is 0 Å². The van der Waals surface area contributed by atoms with Crippen LogP contribution >= 0.6 is 22.6 Å². The summed E-state index contributed by atoms with van der Waals surface area (Å²) < 4.78 is 2.30. The molecule has 0 radical (unpaired) electrons.